The first-order valence-electron chi connectivity index (χ1n) is 6.97. The van der Waals surface area contributed by atoms with E-state index < -0.39 is 0 Å². The van der Waals surface area contributed by atoms with Gasteiger partial charge in [-0.2, -0.15) is 5.10 Å². The Hall–Kier alpha value is -2.31. The van der Waals surface area contributed by atoms with E-state index in [1.807, 2.05) is 32.9 Å². The molecule has 0 aliphatic rings. The maximum Gasteiger partial charge on any atom is 0.334 e. The Bertz CT molecular complexity index is 645. The van der Waals surface area contributed by atoms with Crippen LogP contribution >= 0.6 is 0 Å². The van der Waals surface area contributed by atoms with E-state index in [9.17, 15) is 10.1 Å². The fourth-order valence-electron chi connectivity index (χ4n) is 2.29. The van der Waals surface area contributed by atoms with Crippen molar-refractivity contribution in [3.63, 3.8) is 0 Å². The number of nitrogens with one attached hydrogen (secondary N) is 1. The largest absolute Gasteiger partial charge is 0.464 e. The Kier molecular flexibility index (Phi) is 4.30. The number of hydrogen-bond donors (Lipinski definition) is 1. The molecule has 7 nitrogen and oxygen atoms in total. The molecule has 0 bridgehead atoms. The molecule has 114 valence electrons. The van der Waals surface area contributed by atoms with Crippen molar-refractivity contribution in [2.75, 3.05) is 5.32 Å². The van der Waals surface area contributed by atoms with Gasteiger partial charge in [-0.05, 0) is 32.4 Å². The summed E-state index contributed by atoms with van der Waals surface area (Å²) in [5.74, 6) is 1.95. The van der Waals surface area contributed by atoms with Gasteiger partial charge >= 0.3 is 5.69 Å². The lowest BCUT2D eigenvalue weighted by Gasteiger charge is -2.12. The molecule has 2 aromatic rings. The maximum atomic E-state index is 11.3. The van der Waals surface area contributed by atoms with Crippen molar-refractivity contribution in [2.24, 2.45) is 7.05 Å². The van der Waals surface area contributed by atoms with Crippen LogP contribution in [-0.2, 0) is 13.5 Å². The topological polar surface area (TPSA) is 86.1 Å². The van der Waals surface area contributed by atoms with E-state index in [1.54, 1.807) is 7.05 Å². The maximum absolute atomic E-state index is 11.3. The molecule has 0 amide bonds. The van der Waals surface area contributed by atoms with Crippen LogP contribution in [0.15, 0.2) is 16.5 Å². The SMILES string of the molecule is CCCc1nn(C)c(NC(C)c2ccc(C)o2)c1[N+](=O)[O-]. The van der Waals surface area contributed by atoms with Crippen LogP contribution in [-0.4, -0.2) is 14.7 Å². The van der Waals surface area contributed by atoms with Crippen LogP contribution in [0.2, 0.25) is 0 Å². The van der Waals surface area contributed by atoms with Gasteiger partial charge in [0.2, 0.25) is 5.82 Å². The summed E-state index contributed by atoms with van der Waals surface area (Å²) in [4.78, 5) is 11.0. The van der Waals surface area contributed by atoms with Crippen LogP contribution in [0.1, 0.15) is 43.5 Å². The van der Waals surface area contributed by atoms with Gasteiger partial charge in [-0.1, -0.05) is 13.3 Å². The predicted molar refractivity (Wildman–Crippen MR) is 79.3 cm³/mol. The number of aryl methyl sites for hydroxylation is 3. The third-order valence-corrected chi connectivity index (χ3v) is 3.30. The molecule has 0 fully saturated rings. The fourth-order valence-corrected chi connectivity index (χ4v) is 2.29. The van der Waals surface area contributed by atoms with Gasteiger partial charge in [-0.3, -0.25) is 10.1 Å². The fraction of sp³-hybridized carbons (Fsp3) is 0.500. The van der Waals surface area contributed by atoms with Crippen molar-refractivity contribution in [1.29, 1.82) is 0 Å². The highest BCUT2D eigenvalue weighted by atomic mass is 16.6. The number of aromatic nitrogens is 2. The molecule has 21 heavy (non-hydrogen) atoms. The number of nitro groups is 1. The summed E-state index contributed by atoms with van der Waals surface area (Å²) in [6.45, 7) is 5.73. The summed E-state index contributed by atoms with van der Waals surface area (Å²) in [5.41, 5.74) is 0.560. The number of hydrogen-bond acceptors (Lipinski definition) is 5. The molecular weight excluding hydrogens is 272 g/mol. The van der Waals surface area contributed by atoms with Gasteiger partial charge in [0.1, 0.15) is 17.2 Å². The number of rotatable bonds is 6. The molecule has 2 rings (SSSR count). The molecule has 0 aliphatic heterocycles. The first-order valence-corrected chi connectivity index (χ1v) is 6.97. The van der Waals surface area contributed by atoms with Gasteiger partial charge in [0.25, 0.3) is 0 Å². The van der Waals surface area contributed by atoms with E-state index in [0.717, 1.165) is 17.9 Å². The zero-order valence-electron chi connectivity index (χ0n) is 12.7. The quantitative estimate of drug-likeness (QED) is 0.651. The molecule has 0 spiro atoms. The zero-order valence-corrected chi connectivity index (χ0v) is 12.7. The summed E-state index contributed by atoms with van der Waals surface area (Å²) in [7, 11) is 1.70. The first kappa shape index (κ1) is 15.1. The second-order valence-corrected chi connectivity index (χ2v) is 5.09. The average molecular weight is 292 g/mol. The Labute approximate surface area is 123 Å². The Morgan fingerprint density at radius 1 is 1.52 bits per heavy atom. The molecule has 0 aliphatic carbocycles. The Balaban J connectivity index is 2.32. The third kappa shape index (κ3) is 3.07. The standard InChI is InChI=1S/C14H20N4O3/c1-5-6-11-13(18(19)20)14(17(4)16-11)15-10(3)12-8-7-9(2)21-12/h7-8,10,15H,5-6H2,1-4H3. The lowest BCUT2D eigenvalue weighted by molar-refractivity contribution is -0.384. The molecule has 0 saturated heterocycles. The number of furan rings is 1. The van der Waals surface area contributed by atoms with Gasteiger partial charge in [0, 0.05) is 7.05 Å². The molecule has 0 saturated carbocycles. The Morgan fingerprint density at radius 2 is 2.24 bits per heavy atom. The minimum absolute atomic E-state index is 0.0504. The second-order valence-electron chi connectivity index (χ2n) is 5.09. The molecule has 1 atom stereocenters. The van der Waals surface area contributed by atoms with Crippen LogP contribution in [0.3, 0.4) is 0 Å². The van der Waals surface area contributed by atoms with Crippen molar-refractivity contribution in [3.8, 4) is 0 Å². The summed E-state index contributed by atoms with van der Waals surface area (Å²) >= 11 is 0. The molecule has 1 unspecified atom stereocenters. The van der Waals surface area contributed by atoms with Gasteiger partial charge in [-0.25, -0.2) is 4.68 Å². The van der Waals surface area contributed by atoms with Crippen molar-refractivity contribution >= 4 is 11.5 Å². The van der Waals surface area contributed by atoms with E-state index in [0.29, 0.717) is 17.9 Å². The molecule has 2 heterocycles. The van der Waals surface area contributed by atoms with Gasteiger partial charge in [0.05, 0.1) is 11.0 Å². The third-order valence-electron chi connectivity index (χ3n) is 3.30. The first-order chi connectivity index (χ1) is 9.93. The minimum atomic E-state index is -0.375. The van der Waals surface area contributed by atoms with E-state index in [1.165, 1.54) is 4.68 Å². The number of anilines is 1. The van der Waals surface area contributed by atoms with E-state index >= 15 is 0 Å². The van der Waals surface area contributed by atoms with Gasteiger partial charge in [-0.15, -0.1) is 0 Å². The van der Waals surface area contributed by atoms with E-state index in [4.69, 9.17) is 4.42 Å². The van der Waals surface area contributed by atoms with Crippen LogP contribution < -0.4 is 5.32 Å². The average Bonchev–Trinajstić information content (AvgIpc) is 2.95. The minimum Gasteiger partial charge on any atom is -0.464 e. The van der Waals surface area contributed by atoms with E-state index in [-0.39, 0.29) is 16.7 Å². The highest BCUT2D eigenvalue weighted by molar-refractivity contribution is 5.60. The summed E-state index contributed by atoms with van der Waals surface area (Å²) < 4.78 is 7.07. The van der Waals surface area contributed by atoms with Crippen molar-refractivity contribution in [2.45, 2.75) is 39.7 Å². The van der Waals surface area contributed by atoms with Crippen LogP contribution in [0.25, 0.3) is 0 Å². The normalized spacial score (nSPS) is 12.4. The molecular formula is C14H20N4O3. The highest BCUT2D eigenvalue weighted by Gasteiger charge is 2.27. The molecule has 1 N–H and O–H groups in total. The summed E-state index contributed by atoms with van der Waals surface area (Å²) in [6.07, 6.45) is 1.39. The van der Waals surface area contributed by atoms with Crippen molar-refractivity contribution in [3.05, 3.63) is 39.5 Å². The summed E-state index contributed by atoms with van der Waals surface area (Å²) in [6, 6.07) is 3.55. The van der Waals surface area contributed by atoms with E-state index in [2.05, 4.69) is 10.4 Å². The predicted octanol–water partition coefficient (Wildman–Crippen LogP) is 3.36. The monoisotopic (exact) mass is 292 g/mol. The second kappa shape index (κ2) is 5.99. The molecule has 2 aromatic heterocycles. The smallest absolute Gasteiger partial charge is 0.334 e. The van der Waals surface area contributed by atoms with Gasteiger partial charge in [0.15, 0.2) is 0 Å². The van der Waals surface area contributed by atoms with Crippen LogP contribution in [0, 0.1) is 17.0 Å². The zero-order chi connectivity index (χ0) is 15.6. The lowest BCUT2D eigenvalue weighted by atomic mass is 10.2. The highest BCUT2D eigenvalue weighted by Crippen LogP contribution is 2.32. The van der Waals surface area contributed by atoms with Crippen LogP contribution in [0.5, 0.6) is 0 Å². The van der Waals surface area contributed by atoms with Crippen molar-refractivity contribution in [1.82, 2.24) is 9.78 Å². The Morgan fingerprint density at radius 3 is 2.76 bits per heavy atom. The molecule has 0 radical (unpaired) electrons. The van der Waals surface area contributed by atoms with Gasteiger partial charge < -0.3 is 9.73 Å². The number of nitrogens with zero attached hydrogens (tertiary/aromatic N) is 3. The summed E-state index contributed by atoms with van der Waals surface area (Å²) in [5, 5.41) is 18.7. The molecule has 7 heteroatoms. The van der Waals surface area contributed by atoms with Crippen molar-refractivity contribution < 1.29 is 9.34 Å². The van der Waals surface area contributed by atoms with Crippen LogP contribution in [0.4, 0.5) is 11.5 Å². The lowest BCUT2D eigenvalue weighted by Crippen LogP contribution is -2.10. The molecule has 0 aromatic carbocycles.